The highest BCUT2D eigenvalue weighted by molar-refractivity contribution is 5.75. The maximum absolute atomic E-state index is 11.4. The van der Waals surface area contributed by atoms with Gasteiger partial charge in [0, 0.05) is 6.42 Å². The fourth-order valence-electron chi connectivity index (χ4n) is 2.04. The van der Waals surface area contributed by atoms with Crippen LogP contribution in [0.5, 0.6) is 0 Å². The van der Waals surface area contributed by atoms with Crippen LogP contribution in [0.25, 0.3) is 0 Å². The molecule has 0 fully saturated rings. The van der Waals surface area contributed by atoms with Crippen LogP contribution in [0.2, 0.25) is 0 Å². The molecule has 0 rings (SSSR count). The Kier molecular flexibility index (Phi) is 7.76. The average Bonchev–Trinajstić information content (AvgIpc) is 2.28. The topological polar surface area (TPSA) is 74.6 Å². The predicted molar refractivity (Wildman–Crippen MR) is 70.4 cm³/mol. The molecule has 0 aromatic carbocycles. The molecule has 0 heterocycles. The quantitative estimate of drug-likeness (QED) is 0.438. The highest BCUT2D eigenvalue weighted by atomic mass is 16.4. The van der Waals surface area contributed by atoms with Gasteiger partial charge in [-0.3, -0.25) is 9.59 Å². The van der Waals surface area contributed by atoms with E-state index >= 15 is 0 Å². The van der Waals surface area contributed by atoms with E-state index in [1.54, 1.807) is 12.2 Å². The first-order chi connectivity index (χ1) is 8.48. The SMILES string of the molecule is C=CCC(CC=C)(CCCCCC(=O)O)C(=O)O. The number of aliphatic carboxylic acids is 2. The van der Waals surface area contributed by atoms with Crippen molar-refractivity contribution in [3.63, 3.8) is 0 Å². The molecule has 0 unspecified atom stereocenters. The number of hydrogen-bond donors (Lipinski definition) is 2. The molecule has 0 amide bonds. The molecule has 0 saturated heterocycles. The van der Waals surface area contributed by atoms with E-state index in [4.69, 9.17) is 5.11 Å². The third-order valence-electron chi connectivity index (χ3n) is 3.07. The van der Waals surface area contributed by atoms with Crippen LogP contribution in [0.1, 0.15) is 44.9 Å². The van der Waals surface area contributed by atoms with Crippen LogP contribution in [0, 0.1) is 5.41 Å². The maximum atomic E-state index is 11.4. The molecule has 4 nitrogen and oxygen atoms in total. The van der Waals surface area contributed by atoms with Crippen LogP contribution in [0.3, 0.4) is 0 Å². The van der Waals surface area contributed by atoms with Gasteiger partial charge in [0.05, 0.1) is 5.41 Å². The van der Waals surface area contributed by atoms with Gasteiger partial charge in [0.2, 0.25) is 0 Å². The molecule has 102 valence electrons. The number of allylic oxidation sites excluding steroid dienone is 2. The van der Waals surface area contributed by atoms with Gasteiger partial charge in [0.1, 0.15) is 0 Å². The molecule has 0 aliphatic carbocycles. The van der Waals surface area contributed by atoms with E-state index < -0.39 is 17.4 Å². The van der Waals surface area contributed by atoms with E-state index in [2.05, 4.69) is 13.2 Å². The van der Waals surface area contributed by atoms with Crippen molar-refractivity contribution in [3.05, 3.63) is 25.3 Å². The van der Waals surface area contributed by atoms with Crippen LogP contribution in [-0.4, -0.2) is 22.2 Å². The Labute approximate surface area is 108 Å². The second-order valence-electron chi connectivity index (χ2n) is 4.53. The zero-order chi connectivity index (χ0) is 14.0. The lowest BCUT2D eigenvalue weighted by atomic mass is 9.76. The number of carboxylic acid groups (broad SMARTS) is 2. The van der Waals surface area contributed by atoms with Crippen LogP contribution >= 0.6 is 0 Å². The molecular formula is C14H22O4. The zero-order valence-electron chi connectivity index (χ0n) is 10.7. The van der Waals surface area contributed by atoms with Crippen LogP contribution in [-0.2, 0) is 9.59 Å². The summed E-state index contributed by atoms with van der Waals surface area (Å²) in [6.07, 6.45) is 6.76. The minimum Gasteiger partial charge on any atom is -0.481 e. The lowest BCUT2D eigenvalue weighted by Crippen LogP contribution is -2.30. The molecule has 0 bridgehead atoms. The lowest BCUT2D eigenvalue weighted by Gasteiger charge is -2.27. The predicted octanol–water partition coefficient (Wildman–Crippen LogP) is 3.24. The summed E-state index contributed by atoms with van der Waals surface area (Å²) in [6.45, 7) is 7.20. The Bertz CT molecular complexity index is 297. The minimum atomic E-state index is -0.833. The first-order valence-electron chi connectivity index (χ1n) is 6.15. The van der Waals surface area contributed by atoms with Crippen molar-refractivity contribution in [2.24, 2.45) is 5.41 Å². The molecule has 0 atom stereocenters. The fraction of sp³-hybridized carbons (Fsp3) is 0.571. The van der Waals surface area contributed by atoms with E-state index in [0.29, 0.717) is 32.1 Å². The van der Waals surface area contributed by atoms with E-state index in [1.807, 2.05) is 0 Å². The largest absolute Gasteiger partial charge is 0.481 e. The number of unbranched alkanes of at least 4 members (excludes halogenated alkanes) is 2. The summed E-state index contributed by atoms with van der Waals surface area (Å²) in [5.74, 6) is -1.64. The molecule has 0 aromatic heterocycles. The normalized spacial score (nSPS) is 10.9. The molecule has 0 aliphatic rings. The Morgan fingerprint density at radius 3 is 1.94 bits per heavy atom. The summed E-state index contributed by atoms with van der Waals surface area (Å²) < 4.78 is 0. The van der Waals surface area contributed by atoms with Gasteiger partial charge in [0.15, 0.2) is 0 Å². The first-order valence-corrected chi connectivity index (χ1v) is 6.15. The molecule has 18 heavy (non-hydrogen) atoms. The highest BCUT2D eigenvalue weighted by Crippen LogP contribution is 2.34. The molecule has 0 spiro atoms. The van der Waals surface area contributed by atoms with Crippen molar-refractivity contribution < 1.29 is 19.8 Å². The van der Waals surface area contributed by atoms with E-state index in [9.17, 15) is 14.7 Å². The molecule has 2 N–H and O–H groups in total. The Hall–Kier alpha value is -1.58. The van der Waals surface area contributed by atoms with E-state index in [-0.39, 0.29) is 6.42 Å². The van der Waals surface area contributed by atoms with Crippen molar-refractivity contribution in [2.45, 2.75) is 44.9 Å². The molecule has 0 radical (unpaired) electrons. The minimum absolute atomic E-state index is 0.142. The Morgan fingerprint density at radius 2 is 1.56 bits per heavy atom. The average molecular weight is 254 g/mol. The molecule has 0 aromatic rings. The van der Waals surface area contributed by atoms with Crippen molar-refractivity contribution in [2.75, 3.05) is 0 Å². The van der Waals surface area contributed by atoms with Crippen LogP contribution in [0.15, 0.2) is 25.3 Å². The van der Waals surface area contributed by atoms with Crippen molar-refractivity contribution >= 4 is 11.9 Å². The molecule has 0 aliphatic heterocycles. The summed E-state index contributed by atoms with van der Waals surface area (Å²) in [6, 6.07) is 0. The zero-order valence-corrected chi connectivity index (χ0v) is 10.7. The summed E-state index contributed by atoms with van der Waals surface area (Å²) in [4.78, 5) is 21.7. The number of carbonyl (C=O) groups is 2. The van der Waals surface area contributed by atoms with Gasteiger partial charge in [-0.2, -0.15) is 0 Å². The number of rotatable bonds is 11. The fourth-order valence-corrected chi connectivity index (χ4v) is 2.04. The molecular weight excluding hydrogens is 232 g/mol. The smallest absolute Gasteiger partial charge is 0.310 e. The van der Waals surface area contributed by atoms with Gasteiger partial charge in [-0.25, -0.2) is 0 Å². The highest BCUT2D eigenvalue weighted by Gasteiger charge is 2.35. The Morgan fingerprint density at radius 1 is 1.00 bits per heavy atom. The van der Waals surface area contributed by atoms with Gasteiger partial charge >= 0.3 is 11.9 Å². The first kappa shape index (κ1) is 16.4. The Balaban J connectivity index is 4.31. The van der Waals surface area contributed by atoms with Crippen molar-refractivity contribution in [1.82, 2.24) is 0 Å². The third kappa shape index (κ3) is 5.66. The molecule has 4 heteroatoms. The second kappa shape index (κ2) is 8.50. The second-order valence-corrected chi connectivity index (χ2v) is 4.53. The molecule has 0 saturated carbocycles. The van der Waals surface area contributed by atoms with Gasteiger partial charge in [-0.1, -0.05) is 25.0 Å². The maximum Gasteiger partial charge on any atom is 0.310 e. The van der Waals surface area contributed by atoms with Gasteiger partial charge < -0.3 is 10.2 Å². The van der Waals surface area contributed by atoms with E-state index in [1.165, 1.54) is 0 Å². The number of hydrogen-bond acceptors (Lipinski definition) is 2. The van der Waals surface area contributed by atoms with E-state index in [0.717, 1.165) is 6.42 Å². The van der Waals surface area contributed by atoms with Crippen LogP contribution < -0.4 is 0 Å². The van der Waals surface area contributed by atoms with Crippen molar-refractivity contribution in [3.8, 4) is 0 Å². The lowest BCUT2D eigenvalue weighted by molar-refractivity contribution is -0.149. The van der Waals surface area contributed by atoms with Crippen LogP contribution in [0.4, 0.5) is 0 Å². The summed E-state index contributed by atoms with van der Waals surface area (Å²) >= 11 is 0. The van der Waals surface area contributed by atoms with Gasteiger partial charge in [0.25, 0.3) is 0 Å². The third-order valence-corrected chi connectivity index (χ3v) is 3.07. The summed E-state index contributed by atoms with van der Waals surface area (Å²) in [7, 11) is 0. The van der Waals surface area contributed by atoms with Crippen molar-refractivity contribution in [1.29, 1.82) is 0 Å². The van der Waals surface area contributed by atoms with Gasteiger partial charge in [-0.15, -0.1) is 13.2 Å². The number of carboxylic acids is 2. The monoisotopic (exact) mass is 254 g/mol. The van der Waals surface area contributed by atoms with Gasteiger partial charge in [-0.05, 0) is 25.7 Å². The standard InChI is InChI=1S/C14H22O4/c1-3-9-14(10-4-2,13(17)18)11-7-5-6-8-12(15)16/h3-4H,1-2,5-11H2,(H,15,16)(H,17,18). The summed E-state index contributed by atoms with van der Waals surface area (Å²) in [5.41, 5.74) is -0.827. The summed E-state index contributed by atoms with van der Waals surface area (Å²) in [5, 5.41) is 17.8.